The van der Waals surface area contributed by atoms with Crippen molar-refractivity contribution in [2.75, 3.05) is 6.54 Å². The second kappa shape index (κ2) is 5.92. The maximum absolute atomic E-state index is 12.4. The molecule has 2 rings (SSSR count). The molecular weight excluding hydrogens is 258 g/mol. The molecule has 2 heterocycles. The van der Waals surface area contributed by atoms with Crippen LogP contribution in [-0.4, -0.2) is 44.8 Å². The molecule has 0 saturated carbocycles. The summed E-state index contributed by atoms with van der Waals surface area (Å²) in [7, 11) is 0. The molecule has 0 aliphatic rings. The van der Waals surface area contributed by atoms with Crippen molar-refractivity contribution < 1.29 is 14.3 Å². The number of carbonyl (C=O) groups is 1. The second-order valence-corrected chi connectivity index (χ2v) is 5.04. The molecule has 0 bridgehead atoms. The van der Waals surface area contributed by atoms with Crippen molar-refractivity contribution in [1.29, 1.82) is 0 Å². The number of aliphatic hydroxyl groups excluding tert-OH is 1. The third-order valence-corrected chi connectivity index (χ3v) is 2.93. The lowest BCUT2D eigenvalue weighted by Crippen LogP contribution is -2.41. The highest BCUT2D eigenvalue weighted by Gasteiger charge is 2.23. The minimum Gasteiger partial charge on any atom is -0.463 e. The summed E-state index contributed by atoms with van der Waals surface area (Å²) in [4.78, 5) is 14.0. The molecule has 20 heavy (non-hydrogen) atoms. The Morgan fingerprint density at radius 3 is 2.80 bits per heavy atom. The van der Waals surface area contributed by atoms with Crippen LogP contribution in [0.3, 0.4) is 0 Å². The van der Waals surface area contributed by atoms with Crippen LogP contribution in [0, 0.1) is 0 Å². The highest BCUT2D eigenvalue weighted by molar-refractivity contribution is 5.93. The van der Waals surface area contributed by atoms with E-state index in [4.69, 9.17) is 4.42 Å². The van der Waals surface area contributed by atoms with Crippen molar-refractivity contribution >= 4 is 5.91 Å². The smallest absolute Gasteiger partial charge is 0.274 e. The van der Waals surface area contributed by atoms with Crippen LogP contribution in [0.4, 0.5) is 0 Å². The van der Waals surface area contributed by atoms with Gasteiger partial charge in [0.15, 0.2) is 11.5 Å². The topological polar surface area (TPSA) is 82.4 Å². The monoisotopic (exact) mass is 277 g/mol. The van der Waals surface area contributed by atoms with Gasteiger partial charge >= 0.3 is 0 Å². The number of furan rings is 1. The molecule has 6 nitrogen and oxygen atoms in total. The molecule has 0 aliphatic carbocycles. The Morgan fingerprint density at radius 1 is 1.50 bits per heavy atom. The van der Waals surface area contributed by atoms with Gasteiger partial charge in [-0.1, -0.05) is 0 Å². The molecule has 2 aromatic heterocycles. The van der Waals surface area contributed by atoms with Gasteiger partial charge in [0, 0.05) is 18.7 Å². The highest BCUT2D eigenvalue weighted by atomic mass is 16.3. The quantitative estimate of drug-likeness (QED) is 0.874. The molecule has 0 spiro atoms. The summed E-state index contributed by atoms with van der Waals surface area (Å²) >= 11 is 0. The molecule has 0 fully saturated rings. The molecule has 1 amide bonds. The van der Waals surface area contributed by atoms with E-state index in [0.29, 0.717) is 17.1 Å². The summed E-state index contributed by atoms with van der Waals surface area (Å²) in [5.41, 5.74) is 0.963. The van der Waals surface area contributed by atoms with Crippen LogP contribution in [0.15, 0.2) is 28.9 Å². The number of aliphatic hydroxyl groups is 1. The fourth-order valence-electron chi connectivity index (χ4n) is 1.95. The third kappa shape index (κ3) is 3.08. The lowest BCUT2D eigenvalue weighted by molar-refractivity contribution is 0.0573. The zero-order valence-electron chi connectivity index (χ0n) is 11.8. The molecule has 1 unspecified atom stereocenters. The Morgan fingerprint density at radius 2 is 2.25 bits per heavy atom. The average molecular weight is 277 g/mol. The van der Waals surface area contributed by atoms with Crippen LogP contribution < -0.4 is 0 Å². The molecule has 2 N–H and O–H groups in total. The van der Waals surface area contributed by atoms with E-state index in [1.807, 2.05) is 13.8 Å². The Bertz CT molecular complexity index is 558. The summed E-state index contributed by atoms with van der Waals surface area (Å²) in [6.07, 6.45) is 0.982. The lowest BCUT2D eigenvalue weighted by Gasteiger charge is -2.27. The molecule has 2 aromatic rings. The van der Waals surface area contributed by atoms with Gasteiger partial charge in [0.25, 0.3) is 5.91 Å². The van der Waals surface area contributed by atoms with E-state index in [1.54, 1.807) is 36.3 Å². The minimum atomic E-state index is -0.579. The first-order valence-corrected chi connectivity index (χ1v) is 6.57. The first-order chi connectivity index (χ1) is 9.49. The summed E-state index contributed by atoms with van der Waals surface area (Å²) in [5.74, 6) is 0.415. The molecule has 0 saturated heterocycles. The van der Waals surface area contributed by atoms with E-state index in [1.165, 1.54) is 0 Å². The van der Waals surface area contributed by atoms with E-state index in [-0.39, 0.29) is 18.5 Å². The maximum Gasteiger partial charge on any atom is 0.274 e. The molecule has 0 aromatic carbocycles. The van der Waals surface area contributed by atoms with Crippen LogP contribution in [0.1, 0.15) is 31.3 Å². The Balaban J connectivity index is 2.19. The van der Waals surface area contributed by atoms with Gasteiger partial charge in [-0.15, -0.1) is 0 Å². The summed E-state index contributed by atoms with van der Waals surface area (Å²) in [6, 6.07) is 5.20. The van der Waals surface area contributed by atoms with Gasteiger partial charge in [-0.3, -0.25) is 9.89 Å². The number of carbonyl (C=O) groups excluding carboxylic acids is 1. The molecule has 108 valence electrons. The normalized spacial score (nSPS) is 12.7. The Labute approximate surface area is 117 Å². The lowest BCUT2D eigenvalue weighted by atomic mass is 10.2. The van der Waals surface area contributed by atoms with Crippen LogP contribution in [0.25, 0.3) is 11.5 Å². The van der Waals surface area contributed by atoms with Gasteiger partial charge in [-0.05, 0) is 32.9 Å². The number of nitrogens with one attached hydrogen (secondary N) is 1. The van der Waals surface area contributed by atoms with E-state index in [0.717, 1.165) is 0 Å². The maximum atomic E-state index is 12.4. The summed E-state index contributed by atoms with van der Waals surface area (Å²) in [5, 5.41) is 16.3. The van der Waals surface area contributed by atoms with Gasteiger partial charge in [-0.25, -0.2) is 0 Å². The number of hydrogen-bond acceptors (Lipinski definition) is 4. The third-order valence-electron chi connectivity index (χ3n) is 2.93. The number of amides is 1. The summed E-state index contributed by atoms with van der Waals surface area (Å²) < 4.78 is 5.25. The zero-order chi connectivity index (χ0) is 14.7. The van der Waals surface area contributed by atoms with Gasteiger partial charge in [-0.2, -0.15) is 5.10 Å². The van der Waals surface area contributed by atoms with Crippen LogP contribution in [0.5, 0.6) is 0 Å². The minimum absolute atomic E-state index is 0.0131. The Kier molecular flexibility index (Phi) is 4.24. The van der Waals surface area contributed by atoms with Crippen molar-refractivity contribution in [3.05, 3.63) is 30.2 Å². The standard InChI is InChI=1S/C14H19N3O3/c1-9(2)17(8-10(3)18)14(19)12-7-11(15-16-12)13-5-4-6-20-13/h4-7,9-10,18H,8H2,1-3H3,(H,15,16). The van der Waals surface area contributed by atoms with E-state index >= 15 is 0 Å². The zero-order valence-corrected chi connectivity index (χ0v) is 11.8. The van der Waals surface area contributed by atoms with Crippen LogP contribution in [0.2, 0.25) is 0 Å². The number of rotatable bonds is 5. The largest absolute Gasteiger partial charge is 0.463 e. The van der Waals surface area contributed by atoms with E-state index in [9.17, 15) is 9.90 Å². The van der Waals surface area contributed by atoms with Crippen molar-refractivity contribution in [3.63, 3.8) is 0 Å². The van der Waals surface area contributed by atoms with Crippen molar-refractivity contribution in [2.45, 2.75) is 32.9 Å². The van der Waals surface area contributed by atoms with Crippen molar-refractivity contribution in [3.8, 4) is 11.5 Å². The molecule has 0 radical (unpaired) electrons. The summed E-state index contributed by atoms with van der Waals surface area (Å²) in [6.45, 7) is 5.74. The van der Waals surface area contributed by atoms with Crippen LogP contribution >= 0.6 is 0 Å². The van der Waals surface area contributed by atoms with Gasteiger partial charge in [0.1, 0.15) is 5.69 Å². The van der Waals surface area contributed by atoms with Gasteiger partial charge in [0.05, 0.1) is 12.4 Å². The number of nitrogens with zero attached hydrogens (tertiary/aromatic N) is 2. The first-order valence-electron chi connectivity index (χ1n) is 6.57. The fraction of sp³-hybridized carbons (Fsp3) is 0.429. The fourth-order valence-corrected chi connectivity index (χ4v) is 1.95. The second-order valence-electron chi connectivity index (χ2n) is 5.04. The SMILES string of the molecule is CC(O)CN(C(=O)c1cc(-c2ccco2)[nH]n1)C(C)C. The van der Waals surface area contributed by atoms with Gasteiger partial charge < -0.3 is 14.4 Å². The number of H-pyrrole nitrogens is 1. The number of hydrogen-bond donors (Lipinski definition) is 2. The number of aromatic nitrogens is 2. The van der Waals surface area contributed by atoms with E-state index in [2.05, 4.69) is 10.2 Å². The molecule has 6 heteroatoms. The van der Waals surface area contributed by atoms with Crippen molar-refractivity contribution in [2.24, 2.45) is 0 Å². The van der Waals surface area contributed by atoms with Crippen molar-refractivity contribution in [1.82, 2.24) is 15.1 Å². The average Bonchev–Trinajstić information content (AvgIpc) is 3.04. The predicted molar refractivity (Wildman–Crippen MR) is 74.1 cm³/mol. The molecule has 0 aliphatic heterocycles. The highest BCUT2D eigenvalue weighted by Crippen LogP contribution is 2.19. The van der Waals surface area contributed by atoms with Crippen LogP contribution in [-0.2, 0) is 0 Å². The molecule has 1 atom stereocenters. The number of aromatic amines is 1. The first kappa shape index (κ1) is 14.3. The Hall–Kier alpha value is -2.08. The van der Waals surface area contributed by atoms with Gasteiger partial charge in [0.2, 0.25) is 0 Å². The predicted octanol–water partition coefficient (Wildman–Crippen LogP) is 1.90. The van der Waals surface area contributed by atoms with E-state index < -0.39 is 6.10 Å². The molecular formula is C14H19N3O3.